The lowest BCUT2D eigenvalue weighted by Crippen LogP contribution is -2.53. The number of rotatable bonds is 5. The van der Waals surface area contributed by atoms with Crippen molar-refractivity contribution in [3.8, 4) is 17.2 Å². The Morgan fingerprint density at radius 1 is 1.21 bits per heavy atom. The molecule has 4 N–H and O–H groups in total. The molecule has 1 amide bonds. The molecule has 33 heavy (non-hydrogen) atoms. The number of amidine groups is 1. The predicted octanol–water partition coefficient (Wildman–Crippen LogP) is 1.73. The topological polar surface area (TPSA) is 122 Å². The van der Waals surface area contributed by atoms with Gasteiger partial charge in [-0.05, 0) is 24.6 Å². The van der Waals surface area contributed by atoms with Crippen LogP contribution in [0.15, 0.2) is 47.5 Å². The predicted molar refractivity (Wildman–Crippen MR) is 124 cm³/mol. The quantitative estimate of drug-likeness (QED) is 0.520. The first-order valence-corrected chi connectivity index (χ1v) is 11.6. The highest BCUT2D eigenvalue weighted by atomic mass is 32.2. The van der Waals surface area contributed by atoms with Gasteiger partial charge in [0.25, 0.3) is 0 Å². The molecule has 2 heterocycles. The van der Waals surface area contributed by atoms with E-state index in [0.717, 1.165) is 11.3 Å². The van der Waals surface area contributed by atoms with Crippen molar-refractivity contribution in [1.82, 2.24) is 5.32 Å². The Morgan fingerprint density at radius 2 is 2.03 bits per heavy atom. The van der Waals surface area contributed by atoms with E-state index >= 15 is 0 Å². The standard InChI is InChI=1S/C23H25N3O6S/c1-30-16-5-3-2-4-12(16)10-24-22(29)14-9-15(27)20(28)19-21(14)33-23(26-19)25-13-6-7-17-18(8-13)32-11-31-17/h2-8,14-15,19-21,27-28H,9-11H2,1H3,(H,24,29)(H,25,26)/t14-,15-,19-,20+,21-/m1/s1. The number of nitrogens with zero attached hydrogens (tertiary/aromatic N) is 1. The normalized spacial score (nSPS) is 27.5. The highest BCUT2D eigenvalue weighted by Gasteiger charge is 2.50. The third kappa shape index (κ3) is 4.33. The zero-order chi connectivity index (χ0) is 22.9. The SMILES string of the molecule is COc1ccccc1CNC(=O)[C@@H]1C[C@@H](O)[C@H](O)[C@H]2N=C(Nc3ccc4c(c3)OCO4)S[C@@H]21. The van der Waals surface area contributed by atoms with Crippen LogP contribution >= 0.6 is 11.8 Å². The summed E-state index contributed by atoms with van der Waals surface area (Å²) in [5.41, 5.74) is 1.62. The number of carbonyl (C=O) groups is 1. The molecule has 2 aliphatic heterocycles. The molecular weight excluding hydrogens is 446 g/mol. The second kappa shape index (κ2) is 9.12. The van der Waals surface area contributed by atoms with Crippen molar-refractivity contribution < 1.29 is 29.2 Å². The fourth-order valence-corrected chi connectivity index (χ4v) is 5.75. The van der Waals surface area contributed by atoms with Crippen molar-refractivity contribution in [3.05, 3.63) is 48.0 Å². The summed E-state index contributed by atoms with van der Waals surface area (Å²) in [4.78, 5) is 17.7. The Bertz CT molecular complexity index is 1080. The first-order valence-electron chi connectivity index (χ1n) is 10.7. The van der Waals surface area contributed by atoms with Crippen molar-refractivity contribution in [2.24, 2.45) is 10.9 Å². The molecule has 3 aliphatic rings. The first-order chi connectivity index (χ1) is 16.0. The molecule has 10 heteroatoms. The molecule has 5 rings (SSSR count). The van der Waals surface area contributed by atoms with Gasteiger partial charge in [0.2, 0.25) is 12.7 Å². The number of ether oxygens (including phenoxy) is 3. The minimum absolute atomic E-state index is 0.167. The minimum atomic E-state index is -1.03. The second-order valence-corrected chi connectivity index (χ2v) is 9.30. The van der Waals surface area contributed by atoms with Crippen LogP contribution in [0.1, 0.15) is 12.0 Å². The van der Waals surface area contributed by atoms with E-state index in [4.69, 9.17) is 14.2 Å². The number of amides is 1. The van der Waals surface area contributed by atoms with Crippen LogP contribution in [0.2, 0.25) is 0 Å². The summed E-state index contributed by atoms with van der Waals surface area (Å²) >= 11 is 1.40. The summed E-state index contributed by atoms with van der Waals surface area (Å²) in [5.74, 6) is 1.33. The molecular formula is C23H25N3O6S. The second-order valence-electron chi connectivity index (χ2n) is 8.13. The third-order valence-electron chi connectivity index (χ3n) is 6.09. The summed E-state index contributed by atoms with van der Waals surface area (Å²) in [6.07, 6.45) is -1.89. The number of anilines is 1. The number of nitrogens with one attached hydrogen (secondary N) is 2. The van der Waals surface area contributed by atoms with E-state index in [9.17, 15) is 15.0 Å². The number of hydrogen-bond donors (Lipinski definition) is 4. The van der Waals surface area contributed by atoms with Crippen LogP contribution in [0.3, 0.4) is 0 Å². The molecule has 1 saturated carbocycles. The molecule has 1 fully saturated rings. The number of hydrogen-bond acceptors (Lipinski definition) is 9. The average molecular weight is 472 g/mol. The Morgan fingerprint density at radius 3 is 2.88 bits per heavy atom. The van der Waals surface area contributed by atoms with Crippen LogP contribution in [0.25, 0.3) is 0 Å². The van der Waals surface area contributed by atoms with E-state index in [1.54, 1.807) is 7.11 Å². The molecule has 2 aromatic rings. The van der Waals surface area contributed by atoms with Crippen molar-refractivity contribution in [2.45, 2.75) is 36.5 Å². The van der Waals surface area contributed by atoms with E-state index in [1.807, 2.05) is 42.5 Å². The van der Waals surface area contributed by atoms with Crippen molar-refractivity contribution in [1.29, 1.82) is 0 Å². The number of thioether (sulfide) groups is 1. The van der Waals surface area contributed by atoms with Crippen molar-refractivity contribution >= 4 is 28.5 Å². The number of carbonyl (C=O) groups excluding carboxylic acids is 1. The maximum atomic E-state index is 13.1. The van der Waals surface area contributed by atoms with Gasteiger partial charge in [-0.1, -0.05) is 30.0 Å². The fourth-order valence-electron chi connectivity index (χ4n) is 4.37. The van der Waals surface area contributed by atoms with Gasteiger partial charge in [-0.3, -0.25) is 9.79 Å². The van der Waals surface area contributed by atoms with Crippen molar-refractivity contribution in [3.63, 3.8) is 0 Å². The Labute approximate surface area is 195 Å². The minimum Gasteiger partial charge on any atom is -0.496 e. The summed E-state index contributed by atoms with van der Waals surface area (Å²) in [6, 6.07) is 12.4. The molecule has 5 atom stereocenters. The number of methoxy groups -OCH3 is 1. The van der Waals surface area contributed by atoms with Crippen LogP contribution in [-0.4, -0.2) is 58.7 Å². The van der Waals surface area contributed by atoms with Gasteiger partial charge in [-0.2, -0.15) is 0 Å². The number of para-hydroxylation sites is 1. The molecule has 174 valence electrons. The molecule has 0 radical (unpaired) electrons. The Balaban J connectivity index is 1.28. The summed E-state index contributed by atoms with van der Waals surface area (Å²) in [5, 5.41) is 27.4. The molecule has 9 nitrogen and oxygen atoms in total. The number of aliphatic hydroxyl groups is 2. The summed E-state index contributed by atoms with van der Waals surface area (Å²) < 4.78 is 16.1. The Kier molecular flexibility index (Phi) is 6.05. The van der Waals surface area contributed by atoms with Gasteiger partial charge in [-0.25, -0.2) is 0 Å². The summed E-state index contributed by atoms with van der Waals surface area (Å²) in [7, 11) is 1.59. The lowest BCUT2D eigenvalue weighted by atomic mass is 9.81. The molecule has 0 spiro atoms. The van der Waals surface area contributed by atoms with Gasteiger partial charge in [0.15, 0.2) is 16.7 Å². The van der Waals surface area contributed by atoms with Crippen LogP contribution in [0.4, 0.5) is 5.69 Å². The maximum Gasteiger partial charge on any atom is 0.231 e. The molecule has 0 unspecified atom stereocenters. The van der Waals surface area contributed by atoms with Gasteiger partial charge in [0.05, 0.1) is 25.2 Å². The third-order valence-corrected chi connectivity index (χ3v) is 7.40. The van der Waals surface area contributed by atoms with E-state index in [-0.39, 0.29) is 24.4 Å². The zero-order valence-corrected chi connectivity index (χ0v) is 18.7. The largest absolute Gasteiger partial charge is 0.496 e. The van der Waals surface area contributed by atoms with Gasteiger partial charge in [-0.15, -0.1) is 0 Å². The number of aliphatic imine (C=N–C) groups is 1. The van der Waals surface area contributed by atoms with Gasteiger partial charge in [0, 0.05) is 29.1 Å². The van der Waals surface area contributed by atoms with E-state index in [1.165, 1.54) is 11.8 Å². The van der Waals surface area contributed by atoms with Crippen molar-refractivity contribution in [2.75, 3.05) is 19.2 Å². The van der Waals surface area contributed by atoms with E-state index < -0.39 is 24.2 Å². The lowest BCUT2D eigenvalue weighted by molar-refractivity contribution is -0.129. The maximum absolute atomic E-state index is 13.1. The molecule has 0 bridgehead atoms. The fraction of sp³-hybridized carbons (Fsp3) is 0.391. The van der Waals surface area contributed by atoms with E-state index in [0.29, 0.717) is 29.0 Å². The average Bonchev–Trinajstić information content (AvgIpc) is 3.47. The summed E-state index contributed by atoms with van der Waals surface area (Å²) in [6.45, 7) is 0.498. The smallest absolute Gasteiger partial charge is 0.231 e. The van der Waals surface area contributed by atoms with Crippen LogP contribution < -0.4 is 24.8 Å². The number of benzene rings is 2. The van der Waals surface area contributed by atoms with Crippen LogP contribution in [0.5, 0.6) is 17.2 Å². The number of fused-ring (bicyclic) bond motifs is 2. The van der Waals surface area contributed by atoms with Crippen LogP contribution in [-0.2, 0) is 11.3 Å². The number of aliphatic hydroxyl groups excluding tert-OH is 2. The van der Waals surface area contributed by atoms with E-state index in [2.05, 4.69) is 15.6 Å². The monoisotopic (exact) mass is 471 g/mol. The highest BCUT2D eigenvalue weighted by molar-refractivity contribution is 8.15. The van der Waals surface area contributed by atoms with Gasteiger partial charge >= 0.3 is 0 Å². The zero-order valence-electron chi connectivity index (χ0n) is 17.9. The van der Waals surface area contributed by atoms with Crippen LogP contribution in [0, 0.1) is 5.92 Å². The van der Waals surface area contributed by atoms with Gasteiger partial charge < -0.3 is 35.1 Å². The molecule has 0 aromatic heterocycles. The first kappa shape index (κ1) is 21.9. The lowest BCUT2D eigenvalue weighted by Gasteiger charge is -2.37. The molecule has 2 aromatic carbocycles. The Hall–Kier alpha value is -2.95. The molecule has 0 saturated heterocycles. The highest BCUT2D eigenvalue weighted by Crippen LogP contribution is 2.42. The molecule has 1 aliphatic carbocycles. The van der Waals surface area contributed by atoms with Gasteiger partial charge in [0.1, 0.15) is 11.9 Å².